The molecule has 0 spiro atoms. The van der Waals surface area contributed by atoms with E-state index in [0.29, 0.717) is 12.1 Å². The Hall–Kier alpha value is -2.05. The first-order chi connectivity index (χ1) is 12.2. The molecule has 0 radical (unpaired) electrons. The smallest absolute Gasteiger partial charge is 0.336 e. The van der Waals surface area contributed by atoms with E-state index in [-0.39, 0.29) is 24.7 Å². The lowest BCUT2D eigenvalue weighted by molar-refractivity contribution is -0.137. The van der Waals surface area contributed by atoms with Gasteiger partial charge < -0.3 is 10.6 Å². The van der Waals surface area contributed by atoms with Gasteiger partial charge in [0.25, 0.3) is 0 Å². The molecular weight excluding hydrogens is 377 g/mol. The number of carbonyl (C=O) groups excluding carboxylic acids is 1. The first-order valence-electron chi connectivity index (χ1n) is 8.51. The number of carbonyl (C=O) groups is 1. The highest BCUT2D eigenvalue weighted by molar-refractivity contribution is 5.85. The first-order valence-corrected chi connectivity index (χ1v) is 8.51. The summed E-state index contributed by atoms with van der Waals surface area (Å²) in [6.07, 6.45) is -4.31. The van der Waals surface area contributed by atoms with E-state index in [1.165, 1.54) is 6.07 Å². The number of alkyl halides is 3. The van der Waals surface area contributed by atoms with Crippen molar-refractivity contribution >= 4 is 18.3 Å². The average molecular weight is 401 g/mol. The van der Waals surface area contributed by atoms with Crippen LogP contribution in [-0.4, -0.2) is 17.4 Å². The summed E-state index contributed by atoms with van der Waals surface area (Å²) in [4.78, 5) is 14.2. The van der Waals surface area contributed by atoms with Crippen molar-refractivity contribution in [1.82, 2.24) is 4.90 Å². The highest BCUT2D eigenvalue weighted by Crippen LogP contribution is 2.32. The molecule has 0 fully saturated rings. The Kier molecular flexibility index (Phi) is 8.31. The van der Waals surface area contributed by atoms with Crippen LogP contribution >= 0.6 is 12.4 Å². The van der Waals surface area contributed by atoms with Crippen molar-refractivity contribution < 1.29 is 18.0 Å². The fraction of sp³-hybridized carbons (Fsp3) is 0.350. The molecule has 0 aromatic heterocycles. The molecule has 1 amide bonds. The van der Waals surface area contributed by atoms with Crippen LogP contribution in [0.1, 0.15) is 49.0 Å². The molecule has 0 bridgehead atoms. The maximum absolute atomic E-state index is 12.9. The summed E-state index contributed by atoms with van der Waals surface area (Å²) in [6, 6.07) is 13.4. The van der Waals surface area contributed by atoms with Gasteiger partial charge in [0.1, 0.15) is 0 Å². The quantitative estimate of drug-likeness (QED) is 0.730. The zero-order valence-electron chi connectivity index (χ0n) is 15.2. The van der Waals surface area contributed by atoms with Crippen LogP contribution in [0.2, 0.25) is 0 Å². The standard InChI is InChI=1S/C20H23F3N2O.ClH/c1-3-25(19(26)13-18(24)15-8-5-4-6-9-15)14(2)16-10-7-11-17(12-16)20(21,22)23;/h4-12,14,18H,3,13,24H2,1-2H3;1H. The molecular formula is C20H24ClF3N2O. The molecule has 2 atom stereocenters. The third-order valence-corrected chi connectivity index (χ3v) is 4.45. The van der Waals surface area contributed by atoms with Crippen LogP contribution in [0.5, 0.6) is 0 Å². The molecule has 0 aliphatic rings. The summed E-state index contributed by atoms with van der Waals surface area (Å²) in [5, 5.41) is 0. The van der Waals surface area contributed by atoms with Gasteiger partial charge in [0.15, 0.2) is 0 Å². The number of halogens is 4. The highest BCUT2D eigenvalue weighted by Gasteiger charge is 2.31. The predicted octanol–water partition coefficient (Wildman–Crippen LogP) is 5.13. The SMILES string of the molecule is CCN(C(=O)CC(N)c1ccccc1)C(C)c1cccc(C(F)(F)F)c1.Cl. The number of nitrogens with zero attached hydrogens (tertiary/aromatic N) is 1. The predicted molar refractivity (Wildman–Crippen MR) is 102 cm³/mol. The van der Waals surface area contributed by atoms with Crippen molar-refractivity contribution in [2.24, 2.45) is 5.73 Å². The normalized spacial score (nSPS) is 13.4. The van der Waals surface area contributed by atoms with Crippen LogP contribution in [0.3, 0.4) is 0 Å². The van der Waals surface area contributed by atoms with E-state index < -0.39 is 23.8 Å². The van der Waals surface area contributed by atoms with Gasteiger partial charge in [0.05, 0.1) is 11.6 Å². The third kappa shape index (κ3) is 5.97. The molecule has 2 rings (SSSR count). The molecule has 0 saturated carbocycles. The maximum Gasteiger partial charge on any atom is 0.416 e. The van der Waals surface area contributed by atoms with Crippen LogP contribution < -0.4 is 5.73 Å². The molecule has 2 aromatic rings. The number of hydrogen-bond acceptors (Lipinski definition) is 2. The summed E-state index contributed by atoms with van der Waals surface area (Å²) in [6.45, 7) is 3.92. The average Bonchev–Trinajstić information content (AvgIpc) is 2.62. The fourth-order valence-electron chi connectivity index (χ4n) is 2.94. The molecule has 2 aromatic carbocycles. The van der Waals surface area contributed by atoms with Crippen molar-refractivity contribution in [3.05, 3.63) is 71.3 Å². The van der Waals surface area contributed by atoms with Crippen LogP contribution in [0.15, 0.2) is 54.6 Å². The van der Waals surface area contributed by atoms with E-state index in [4.69, 9.17) is 5.73 Å². The zero-order valence-corrected chi connectivity index (χ0v) is 16.1. The van der Waals surface area contributed by atoms with Gasteiger partial charge in [-0.2, -0.15) is 13.2 Å². The third-order valence-electron chi connectivity index (χ3n) is 4.45. The summed E-state index contributed by atoms with van der Waals surface area (Å²) >= 11 is 0. The molecule has 3 nitrogen and oxygen atoms in total. The number of benzene rings is 2. The van der Waals surface area contributed by atoms with E-state index >= 15 is 0 Å². The zero-order chi connectivity index (χ0) is 19.3. The van der Waals surface area contributed by atoms with Crippen molar-refractivity contribution in [2.75, 3.05) is 6.54 Å². The fourth-order valence-corrected chi connectivity index (χ4v) is 2.94. The van der Waals surface area contributed by atoms with Crippen LogP contribution in [0, 0.1) is 0 Å². The number of nitrogens with two attached hydrogens (primary N) is 1. The molecule has 27 heavy (non-hydrogen) atoms. The van der Waals surface area contributed by atoms with E-state index in [1.54, 1.807) is 24.8 Å². The lowest BCUT2D eigenvalue weighted by Gasteiger charge is -2.30. The minimum atomic E-state index is -4.41. The molecule has 0 heterocycles. The van der Waals surface area contributed by atoms with Gasteiger partial charge in [-0.15, -0.1) is 12.4 Å². The molecule has 2 N–H and O–H groups in total. The Labute approximate surface area is 163 Å². The molecule has 7 heteroatoms. The second-order valence-corrected chi connectivity index (χ2v) is 6.20. The van der Waals surface area contributed by atoms with Gasteiger partial charge in [0.2, 0.25) is 5.91 Å². The number of rotatable bonds is 6. The minimum absolute atomic E-state index is 0. The van der Waals surface area contributed by atoms with E-state index in [1.807, 2.05) is 30.3 Å². The monoisotopic (exact) mass is 400 g/mol. The van der Waals surface area contributed by atoms with Crippen LogP contribution in [0.25, 0.3) is 0 Å². The lowest BCUT2D eigenvalue weighted by Crippen LogP contribution is -2.35. The topological polar surface area (TPSA) is 46.3 Å². The molecule has 0 aliphatic carbocycles. The van der Waals surface area contributed by atoms with Crippen molar-refractivity contribution in [3.63, 3.8) is 0 Å². The second kappa shape index (κ2) is 9.76. The van der Waals surface area contributed by atoms with Gasteiger partial charge in [-0.05, 0) is 37.1 Å². The Bertz CT molecular complexity index is 738. The van der Waals surface area contributed by atoms with Gasteiger partial charge in [-0.1, -0.05) is 42.5 Å². The molecule has 0 saturated heterocycles. The lowest BCUT2D eigenvalue weighted by atomic mass is 10.0. The van der Waals surface area contributed by atoms with E-state index in [2.05, 4.69) is 0 Å². The van der Waals surface area contributed by atoms with Crippen molar-refractivity contribution in [3.8, 4) is 0 Å². The largest absolute Gasteiger partial charge is 0.416 e. The van der Waals surface area contributed by atoms with E-state index in [9.17, 15) is 18.0 Å². The van der Waals surface area contributed by atoms with Gasteiger partial charge >= 0.3 is 6.18 Å². The Morgan fingerprint density at radius 2 is 1.67 bits per heavy atom. The van der Waals surface area contributed by atoms with Gasteiger partial charge in [0, 0.05) is 19.0 Å². The van der Waals surface area contributed by atoms with Gasteiger partial charge in [-0.3, -0.25) is 4.79 Å². The summed E-state index contributed by atoms with van der Waals surface area (Å²) in [5.74, 6) is -0.186. The summed E-state index contributed by atoms with van der Waals surface area (Å²) in [5.41, 5.74) is 6.69. The molecule has 2 unspecified atom stereocenters. The van der Waals surface area contributed by atoms with Crippen LogP contribution in [-0.2, 0) is 11.0 Å². The van der Waals surface area contributed by atoms with E-state index in [0.717, 1.165) is 17.7 Å². The second-order valence-electron chi connectivity index (χ2n) is 6.20. The van der Waals surface area contributed by atoms with Crippen molar-refractivity contribution in [1.29, 1.82) is 0 Å². The summed E-state index contributed by atoms with van der Waals surface area (Å²) in [7, 11) is 0. The minimum Gasteiger partial charge on any atom is -0.336 e. The maximum atomic E-state index is 12.9. The van der Waals surface area contributed by atoms with Gasteiger partial charge in [-0.25, -0.2) is 0 Å². The van der Waals surface area contributed by atoms with Crippen LogP contribution in [0.4, 0.5) is 13.2 Å². The Balaban J connectivity index is 0.00000364. The molecule has 0 aliphatic heterocycles. The number of hydrogen-bond donors (Lipinski definition) is 1. The number of amides is 1. The Morgan fingerprint density at radius 1 is 1.07 bits per heavy atom. The summed E-state index contributed by atoms with van der Waals surface area (Å²) < 4.78 is 38.8. The first kappa shape index (κ1) is 23.0. The highest BCUT2D eigenvalue weighted by atomic mass is 35.5. The van der Waals surface area contributed by atoms with Crippen molar-refractivity contribution in [2.45, 2.75) is 38.5 Å². The molecule has 148 valence electrons. The Morgan fingerprint density at radius 3 is 2.22 bits per heavy atom.